The van der Waals surface area contributed by atoms with Crippen molar-refractivity contribution in [2.75, 3.05) is 5.75 Å². The maximum Gasteiger partial charge on any atom is 0.346 e. The van der Waals surface area contributed by atoms with E-state index in [2.05, 4.69) is 0 Å². The third-order valence-electron chi connectivity index (χ3n) is 4.21. The lowest BCUT2D eigenvalue weighted by Crippen LogP contribution is -2.47. The molecular formula is C19H21N3O9S. The number of furan rings is 1. The fraction of sp³-hybridized carbons (Fsp3) is 0.263. The Kier molecular flexibility index (Phi) is 7.72. The summed E-state index contributed by atoms with van der Waals surface area (Å²) in [5.41, 5.74) is 5.89. The number of esters is 1. The number of benzene rings is 1. The van der Waals surface area contributed by atoms with Gasteiger partial charge in [-0.1, -0.05) is 6.92 Å². The van der Waals surface area contributed by atoms with Crippen molar-refractivity contribution in [3.05, 3.63) is 53.5 Å². The first-order valence-corrected chi connectivity index (χ1v) is 10.7. The normalized spacial score (nSPS) is 13.1. The summed E-state index contributed by atoms with van der Waals surface area (Å²) in [5, 5.41) is 18.4. The molecule has 0 aliphatic carbocycles. The fourth-order valence-corrected chi connectivity index (χ4v) is 3.20. The summed E-state index contributed by atoms with van der Waals surface area (Å²) in [6.07, 6.45) is 1.11. The summed E-state index contributed by atoms with van der Waals surface area (Å²) in [7, 11) is -4.62. The summed E-state index contributed by atoms with van der Waals surface area (Å²) in [5.74, 6) is -4.84. The van der Waals surface area contributed by atoms with Gasteiger partial charge in [0.2, 0.25) is 5.91 Å². The zero-order valence-corrected chi connectivity index (χ0v) is 17.6. The predicted molar refractivity (Wildman–Crippen MR) is 110 cm³/mol. The minimum absolute atomic E-state index is 0.0232. The van der Waals surface area contributed by atoms with Gasteiger partial charge >= 0.3 is 11.9 Å². The number of carbonyl (C=O) groups excluding carboxylic acids is 2. The third kappa shape index (κ3) is 7.21. The van der Waals surface area contributed by atoms with Crippen LogP contribution in [-0.4, -0.2) is 53.6 Å². The number of amidine groups is 1. The second kappa shape index (κ2) is 10.1. The molecule has 12 nitrogen and oxygen atoms in total. The van der Waals surface area contributed by atoms with Crippen LogP contribution in [0.1, 0.15) is 28.6 Å². The van der Waals surface area contributed by atoms with E-state index < -0.39 is 45.7 Å². The molecule has 1 aromatic heterocycles. The van der Waals surface area contributed by atoms with E-state index in [4.69, 9.17) is 30.0 Å². The van der Waals surface area contributed by atoms with E-state index in [0.29, 0.717) is 5.56 Å². The van der Waals surface area contributed by atoms with Gasteiger partial charge in [-0.2, -0.15) is 8.42 Å². The van der Waals surface area contributed by atoms with Crippen LogP contribution in [0.5, 0.6) is 5.75 Å². The van der Waals surface area contributed by atoms with Gasteiger partial charge in [0.25, 0.3) is 10.1 Å². The molecule has 2 atom stereocenters. The van der Waals surface area contributed by atoms with Gasteiger partial charge in [0.1, 0.15) is 35.4 Å². The Bertz CT molecular complexity index is 1120. The Morgan fingerprint density at radius 3 is 2.38 bits per heavy atom. The molecule has 0 saturated heterocycles. The number of nitrogen functional groups attached to an aromatic ring is 1. The van der Waals surface area contributed by atoms with Crippen LogP contribution in [0.4, 0.5) is 0 Å². The highest BCUT2D eigenvalue weighted by molar-refractivity contribution is 7.85. The number of aliphatic carboxylic acids is 1. The number of nitrogens with two attached hydrogens (primary N) is 1. The molecule has 1 heterocycles. The average molecular weight is 467 g/mol. The van der Waals surface area contributed by atoms with Crippen LogP contribution >= 0.6 is 0 Å². The predicted octanol–water partition coefficient (Wildman–Crippen LogP) is 0.419. The van der Waals surface area contributed by atoms with Crippen LogP contribution in [0.2, 0.25) is 0 Å². The summed E-state index contributed by atoms with van der Waals surface area (Å²) >= 11 is 0. The van der Waals surface area contributed by atoms with Crippen LogP contribution in [0.3, 0.4) is 0 Å². The number of carboxylic acid groups (broad SMARTS) is 1. The molecule has 1 amide bonds. The van der Waals surface area contributed by atoms with Crippen molar-refractivity contribution in [1.82, 2.24) is 5.32 Å². The van der Waals surface area contributed by atoms with Gasteiger partial charge < -0.3 is 25.3 Å². The molecule has 6 N–H and O–H groups in total. The van der Waals surface area contributed by atoms with E-state index >= 15 is 0 Å². The largest absolute Gasteiger partial charge is 0.480 e. The Labute approximate surface area is 182 Å². The molecule has 13 heteroatoms. The molecule has 1 aromatic carbocycles. The molecule has 0 spiro atoms. The fourth-order valence-electron chi connectivity index (χ4n) is 2.56. The van der Waals surface area contributed by atoms with Crippen molar-refractivity contribution >= 4 is 33.8 Å². The average Bonchev–Trinajstić information content (AvgIpc) is 3.15. The first-order valence-electron chi connectivity index (χ1n) is 9.08. The number of amides is 1. The molecule has 0 fully saturated rings. The van der Waals surface area contributed by atoms with Gasteiger partial charge in [-0.3, -0.25) is 14.8 Å². The van der Waals surface area contributed by atoms with Gasteiger partial charge in [0.15, 0.2) is 0 Å². The number of hydrogen-bond donors (Lipinski definition) is 5. The second-order valence-corrected chi connectivity index (χ2v) is 8.38. The van der Waals surface area contributed by atoms with Crippen LogP contribution in [0.25, 0.3) is 0 Å². The Morgan fingerprint density at radius 1 is 1.22 bits per heavy atom. The Morgan fingerprint density at radius 2 is 1.84 bits per heavy atom. The number of hydrogen-bond acceptors (Lipinski definition) is 8. The Balaban J connectivity index is 1.97. The molecule has 2 aromatic rings. The van der Waals surface area contributed by atoms with E-state index in [1.54, 1.807) is 0 Å². The molecule has 0 bridgehead atoms. The molecule has 1 unspecified atom stereocenters. The number of ether oxygens (including phenoxy) is 1. The third-order valence-corrected chi connectivity index (χ3v) is 4.97. The number of rotatable bonds is 10. The van der Waals surface area contributed by atoms with E-state index in [0.717, 1.165) is 6.26 Å². The van der Waals surface area contributed by atoms with Gasteiger partial charge in [0, 0.05) is 17.9 Å². The minimum Gasteiger partial charge on any atom is -0.480 e. The first kappa shape index (κ1) is 24.6. The van der Waals surface area contributed by atoms with Crippen molar-refractivity contribution in [3.63, 3.8) is 0 Å². The van der Waals surface area contributed by atoms with Crippen molar-refractivity contribution in [3.8, 4) is 5.75 Å². The standard InChI is InChI=1S/C19H21N3O9S/c1-10(17(23)22-15(18(24)25)9-32(27,28)29)6-14-7-12(8-30-14)19(26)31-13-4-2-11(3-5-13)16(20)21/h2-5,7-8,10,15H,6,9H2,1H3,(H3,20,21)(H,22,23)(H,24,25)(H,27,28,29)/t10?,15-/m0/s1. The highest BCUT2D eigenvalue weighted by Crippen LogP contribution is 2.17. The van der Waals surface area contributed by atoms with Gasteiger partial charge in [-0.15, -0.1) is 0 Å². The number of carboxylic acids is 1. The molecule has 0 saturated carbocycles. The molecule has 2 rings (SSSR count). The van der Waals surface area contributed by atoms with Crippen molar-refractivity contribution in [2.45, 2.75) is 19.4 Å². The summed E-state index contributed by atoms with van der Waals surface area (Å²) < 4.78 is 41.0. The maximum absolute atomic E-state index is 12.2. The van der Waals surface area contributed by atoms with Crippen molar-refractivity contribution in [2.24, 2.45) is 11.7 Å². The zero-order valence-electron chi connectivity index (χ0n) is 16.8. The first-order chi connectivity index (χ1) is 14.9. The lowest BCUT2D eigenvalue weighted by molar-refractivity contribution is -0.141. The van der Waals surface area contributed by atoms with E-state index in [9.17, 15) is 22.8 Å². The molecule has 32 heavy (non-hydrogen) atoms. The summed E-state index contributed by atoms with van der Waals surface area (Å²) in [6.45, 7) is 1.44. The highest BCUT2D eigenvalue weighted by atomic mass is 32.2. The lowest BCUT2D eigenvalue weighted by atomic mass is 10.0. The zero-order chi connectivity index (χ0) is 24.1. The van der Waals surface area contributed by atoms with Crippen molar-refractivity contribution < 1.29 is 41.6 Å². The SMILES string of the molecule is CC(Cc1cc(C(=O)Oc2ccc(C(=N)N)cc2)co1)C(=O)N[C@@H](CS(=O)(=O)O)C(=O)O. The van der Waals surface area contributed by atoms with E-state index in [1.807, 2.05) is 5.32 Å². The van der Waals surface area contributed by atoms with Gasteiger partial charge in [-0.05, 0) is 30.3 Å². The van der Waals surface area contributed by atoms with Gasteiger partial charge in [0.05, 0.1) is 5.56 Å². The molecule has 172 valence electrons. The van der Waals surface area contributed by atoms with Crippen LogP contribution in [0.15, 0.2) is 41.0 Å². The molecule has 0 aliphatic heterocycles. The van der Waals surface area contributed by atoms with Crippen LogP contribution in [-0.2, 0) is 26.1 Å². The topological polar surface area (TPSA) is 210 Å². The van der Waals surface area contributed by atoms with Gasteiger partial charge in [-0.25, -0.2) is 9.59 Å². The van der Waals surface area contributed by atoms with Crippen LogP contribution < -0.4 is 15.8 Å². The monoisotopic (exact) mass is 467 g/mol. The molecular weight excluding hydrogens is 446 g/mol. The highest BCUT2D eigenvalue weighted by Gasteiger charge is 2.28. The number of carbonyl (C=O) groups is 3. The molecule has 0 aliphatic rings. The second-order valence-electron chi connectivity index (χ2n) is 6.88. The minimum atomic E-state index is -4.62. The smallest absolute Gasteiger partial charge is 0.346 e. The quantitative estimate of drug-likeness (QED) is 0.107. The maximum atomic E-state index is 12.2. The van der Waals surface area contributed by atoms with E-state index in [-0.39, 0.29) is 29.3 Å². The van der Waals surface area contributed by atoms with E-state index in [1.165, 1.54) is 37.3 Å². The summed E-state index contributed by atoms with van der Waals surface area (Å²) in [4.78, 5) is 35.5. The number of nitrogens with one attached hydrogen (secondary N) is 2. The van der Waals surface area contributed by atoms with Crippen LogP contribution in [0, 0.1) is 11.3 Å². The Hall–Kier alpha value is -3.71. The van der Waals surface area contributed by atoms with Crippen molar-refractivity contribution in [1.29, 1.82) is 5.41 Å². The lowest BCUT2D eigenvalue weighted by Gasteiger charge is -2.16. The molecule has 0 radical (unpaired) electrons. The summed E-state index contributed by atoms with van der Waals surface area (Å²) in [6, 6.07) is 5.48.